The lowest BCUT2D eigenvalue weighted by molar-refractivity contribution is -0.0578. The standard InChI is InChI=1S/C13H16F3NO2S/c1-3-4-9-19-11-7-5-10(6-8-11)12(13(14,15)16)17-20(2)18/h5-8H,3-4,9H2,1-2H3/t20-/m0/s1. The first-order valence-electron chi connectivity index (χ1n) is 6.07. The average Bonchev–Trinajstić information content (AvgIpc) is 2.36. The highest BCUT2D eigenvalue weighted by atomic mass is 32.2. The second-order valence-corrected chi connectivity index (χ2v) is 5.12. The molecule has 0 unspecified atom stereocenters. The third-order valence-electron chi connectivity index (χ3n) is 2.38. The molecule has 1 aromatic carbocycles. The number of alkyl halides is 3. The molecule has 0 saturated heterocycles. The van der Waals surface area contributed by atoms with Crippen LogP contribution in [0.25, 0.3) is 0 Å². The molecule has 0 aliphatic rings. The first-order valence-corrected chi connectivity index (χ1v) is 7.58. The van der Waals surface area contributed by atoms with Gasteiger partial charge in [-0.15, -0.1) is 0 Å². The normalized spacial score (nSPS) is 14.2. The highest BCUT2D eigenvalue weighted by molar-refractivity contribution is 7.83. The van der Waals surface area contributed by atoms with Gasteiger partial charge in [-0.05, 0) is 30.7 Å². The Morgan fingerprint density at radius 2 is 1.90 bits per heavy atom. The van der Waals surface area contributed by atoms with Crippen molar-refractivity contribution < 1.29 is 22.1 Å². The van der Waals surface area contributed by atoms with E-state index in [9.17, 15) is 17.4 Å². The van der Waals surface area contributed by atoms with E-state index in [0.29, 0.717) is 12.4 Å². The lowest BCUT2D eigenvalue weighted by Gasteiger charge is -2.11. The van der Waals surface area contributed by atoms with Gasteiger partial charge < -0.3 is 4.74 Å². The number of nitrogens with zero attached hydrogens (tertiary/aromatic N) is 1. The van der Waals surface area contributed by atoms with E-state index < -0.39 is 22.9 Å². The number of halogens is 3. The molecule has 1 rings (SSSR count). The smallest absolute Gasteiger partial charge is 0.434 e. The van der Waals surface area contributed by atoms with Crippen LogP contribution in [-0.2, 0) is 11.0 Å². The van der Waals surface area contributed by atoms with Gasteiger partial charge >= 0.3 is 6.18 Å². The lowest BCUT2D eigenvalue weighted by Crippen LogP contribution is -2.24. The van der Waals surface area contributed by atoms with Gasteiger partial charge in [-0.25, -0.2) is 4.21 Å². The van der Waals surface area contributed by atoms with Gasteiger partial charge in [-0.1, -0.05) is 13.3 Å². The molecule has 0 amide bonds. The van der Waals surface area contributed by atoms with E-state index in [1.807, 2.05) is 6.92 Å². The van der Waals surface area contributed by atoms with Gasteiger partial charge in [0.1, 0.15) is 16.7 Å². The Balaban J connectivity index is 2.92. The molecular weight excluding hydrogens is 291 g/mol. The number of rotatable bonds is 6. The van der Waals surface area contributed by atoms with Crippen molar-refractivity contribution in [3.8, 4) is 5.75 Å². The largest absolute Gasteiger partial charge is 0.494 e. The molecule has 0 aliphatic heterocycles. The molecule has 20 heavy (non-hydrogen) atoms. The number of hydrogen-bond donors (Lipinski definition) is 0. The Morgan fingerprint density at radius 1 is 1.30 bits per heavy atom. The van der Waals surface area contributed by atoms with Crippen LogP contribution in [0.5, 0.6) is 5.75 Å². The highest BCUT2D eigenvalue weighted by Crippen LogP contribution is 2.24. The van der Waals surface area contributed by atoms with Crippen molar-refractivity contribution in [3.05, 3.63) is 29.8 Å². The summed E-state index contributed by atoms with van der Waals surface area (Å²) in [4.78, 5) is 0. The summed E-state index contributed by atoms with van der Waals surface area (Å²) in [6.45, 7) is 2.54. The maximum atomic E-state index is 12.8. The zero-order valence-corrected chi connectivity index (χ0v) is 12.1. The first-order chi connectivity index (χ1) is 9.34. The molecule has 0 bridgehead atoms. The Bertz CT molecular complexity index is 483. The van der Waals surface area contributed by atoms with Gasteiger partial charge in [-0.2, -0.15) is 17.6 Å². The van der Waals surface area contributed by atoms with E-state index in [1.165, 1.54) is 24.3 Å². The van der Waals surface area contributed by atoms with E-state index >= 15 is 0 Å². The van der Waals surface area contributed by atoms with Gasteiger partial charge in [0.25, 0.3) is 0 Å². The fourth-order valence-electron chi connectivity index (χ4n) is 1.44. The molecule has 112 valence electrons. The van der Waals surface area contributed by atoms with Crippen molar-refractivity contribution in [3.63, 3.8) is 0 Å². The molecule has 1 aromatic rings. The van der Waals surface area contributed by atoms with Crippen LogP contribution in [0.2, 0.25) is 0 Å². The number of benzene rings is 1. The molecule has 7 heteroatoms. The molecule has 0 radical (unpaired) electrons. The van der Waals surface area contributed by atoms with Crippen LogP contribution in [0.3, 0.4) is 0 Å². The van der Waals surface area contributed by atoms with E-state index in [0.717, 1.165) is 19.1 Å². The summed E-state index contributed by atoms with van der Waals surface area (Å²) in [6.07, 6.45) is -1.69. The van der Waals surface area contributed by atoms with Crippen LogP contribution in [0.1, 0.15) is 25.3 Å². The lowest BCUT2D eigenvalue weighted by atomic mass is 10.1. The molecule has 0 spiro atoms. The van der Waals surface area contributed by atoms with Gasteiger partial charge in [0.05, 0.1) is 6.61 Å². The van der Waals surface area contributed by atoms with E-state index in [2.05, 4.69) is 4.40 Å². The van der Waals surface area contributed by atoms with Crippen LogP contribution in [0.15, 0.2) is 28.7 Å². The second-order valence-electron chi connectivity index (χ2n) is 4.09. The number of hydrogen-bond acceptors (Lipinski definition) is 2. The summed E-state index contributed by atoms with van der Waals surface area (Å²) < 4.78 is 57.9. The maximum absolute atomic E-state index is 12.8. The molecule has 3 nitrogen and oxygen atoms in total. The van der Waals surface area contributed by atoms with Crippen molar-refractivity contribution in [2.24, 2.45) is 4.40 Å². The Kier molecular flexibility index (Phi) is 6.19. The SMILES string of the molecule is CCCCOc1ccc(C(=N[S@](C)=O)C(F)(F)F)cc1. The molecule has 0 aromatic heterocycles. The van der Waals surface area contributed by atoms with Crippen molar-refractivity contribution in [2.45, 2.75) is 25.9 Å². The zero-order valence-electron chi connectivity index (χ0n) is 11.2. The minimum Gasteiger partial charge on any atom is -0.494 e. The molecule has 0 N–H and O–H groups in total. The van der Waals surface area contributed by atoms with Crippen molar-refractivity contribution in [2.75, 3.05) is 12.9 Å². The van der Waals surface area contributed by atoms with Crippen molar-refractivity contribution >= 4 is 16.7 Å². The zero-order chi connectivity index (χ0) is 15.2. The Labute approximate surface area is 118 Å². The number of unbranched alkanes of at least 4 members (excludes halogenated alkanes) is 1. The van der Waals surface area contributed by atoms with E-state index in [4.69, 9.17) is 4.74 Å². The predicted molar refractivity (Wildman–Crippen MR) is 73.5 cm³/mol. The third-order valence-corrected chi connectivity index (χ3v) is 2.82. The maximum Gasteiger partial charge on any atom is 0.434 e. The van der Waals surface area contributed by atoms with Crippen molar-refractivity contribution in [1.29, 1.82) is 0 Å². The number of ether oxygens (including phenoxy) is 1. The molecule has 0 heterocycles. The minimum atomic E-state index is -4.64. The van der Waals surface area contributed by atoms with Crippen molar-refractivity contribution in [1.82, 2.24) is 0 Å². The monoisotopic (exact) mass is 307 g/mol. The molecule has 0 fully saturated rings. The van der Waals surface area contributed by atoms with Gasteiger partial charge in [0.15, 0.2) is 5.71 Å². The molecule has 0 saturated carbocycles. The van der Waals surface area contributed by atoms with Crippen LogP contribution in [0.4, 0.5) is 13.2 Å². The van der Waals surface area contributed by atoms with E-state index in [1.54, 1.807) is 0 Å². The summed E-state index contributed by atoms with van der Waals surface area (Å²) in [5.41, 5.74) is -1.27. The minimum absolute atomic E-state index is 0.129. The molecular formula is C13H16F3NO2S. The summed E-state index contributed by atoms with van der Waals surface area (Å²) in [7, 11) is -1.92. The quantitative estimate of drug-likeness (QED) is 0.596. The fourth-order valence-corrected chi connectivity index (χ4v) is 1.91. The predicted octanol–water partition coefficient (Wildman–Crippen LogP) is 3.51. The summed E-state index contributed by atoms with van der Waals surface area (Å²) >= 11 is 0. The summed E-state index contributed by atoms with van der Waals surface area (Å²) in [5.74, 6) is 0.501. The van der Waals surface area contributed by atoms with Crippen LogP contribution < -0.4 is 4.74 Å². The Hall–Kier alpha value is -1.37. The molecule has 0 aliphatic carbocycles. The van der Waals surface area contributed by atoms with Crippen LogP contribution in [-0.4, -0.2) is 29.0 Å². The summed E-state index contributed by atoms with van der Waals surface area (Å²) in [5, 5.41) is 0. The average molecular weight is 307 g/mol. The van der Waals surface area contributed by atoms with Gasteiger partial charge in [0, 0.05) is 11.8 Å². The topological polar surface area (TPSA) is 38.7 Å². The van der Waals surface area contributed by atoms with Crippen LogP contribution >= 0.6 is 0 Å². The van der Waals surface area contributed by atoms with Gasteiger partial charge in [0.2, 0.25) is 0 Å². The van der Waals surface area contributed by atoms with Gasteiger partial charge in [-0.3, -0.25) is 0 Å². The first kappa shape index (κ1) is 16.7. The fraction of sp³-hybridized carbons (Fsp3) is 0.462. The Morgan fingerprint density at radius 3 is 2.35 bits per heavy atom. The highest BCUT2D eigenvalue weighted by Gasteiger charge is 2.37. The second kappa shape index (κ2) is 7.42. The van der Waals surface area contributed by atoms with Crippen LogP contribution in [0, 0.1) is 0 Å². The summed E-state index contributed by atoms with van der Waals surface area (Å²) in [6, 6.07) is 5.43. The third kappa shape index (κ3) is 5.32. The van der Waals surface area contributed by atoms with E-state index in [-0.39, 0.29) is 5.56 Å². The molecule has 1 atom stereocenters.